The summed E-state index contributed by atoms with van der Waals surface area (Å²) < 4.78 is 11.3. The topological polar surface area (TPSA) is 72.4 Å². The van der Waals surface area contributed by atoms with Gasteiger partial charge in [-0.05, 0) is 37.8 Å². The van der Waals surface area contributed by atoms with Gasteiger partial charge in [-0.2, -0.15) is 4.98 Å². The second kappa shape index (κ2) is 5.72. The van der Waals surface area contributed by atoms with Crippen molar-refractivity contribution in [1.82, 2.24) is 15.0 Å². The van der Waals surface area contributed by atoms with Gasteiger partial charge in [-0.25, -0.2) is 0 Å². The van der Waals surface area contributed by atoms with Gasteiger partial charge in [0.25, 0.3) is 0 Å². The monoisotopic (exact) mass is 337 g/mol. The predicted molar refractivity (Wildman–Crippen MR) is 90.8 cm³/mol. The van der Waals surface area contributed by atoms with E-state index in [1.807, 2.05) is 35.2 Å². The Bertz CT molecular complexity index is 892. The second-order valence-corrected chi connectivity index (χ2v) is 7.00. The zero-order chi connectivity index (χ0) is 16.8. The number of nitrogens with zero attached hydrogens (tertiary/aromatic N) is 3. The van der Waals surface area contributed by atoms with Crippen LogP contribution in [0.1, 0.15) is 37.5 Å². The van der Waals surface area contributed by atoms with Crippen LogP contribution in [0.25, 0.3) is 22.6 Å². The first-order valence-electron chi connectivity index (χ1n) is 8.89. The molecule has 2 fully saturated rings. The molecular formula is C19H19N3O3. The maximum atomic E-state index is 12.3. The highest BCUT2D eigenvalue weighted by atomic mass is 16.5. The minimum Gasteiger partial charge on any atom is -0.453 e. The molecule has 3 heterocycles. The zero-order valence-corrected chi connectivity index (χ0v) is 13.9. The highest BCUT2D eigenvalue weighted by Gasteiger charge is 2.36. The van der Waals surface area contributed by atoms with E-state index in [1.54, 1.807) is 0 Å². The number of furan rings is 1. The molecule has 3 aromatic rings. The Labute approximate surface area is 144 Å². The van der Waals surface area contributed by atoms with Gasteiger partial charge < -0.3 is 13.8 Å². The van der Waals surface area contributed by atoms with Crippen molar-refractivity contribution in [3.05, 3.63) is 36.2 Å². The molecule has 128 valence electrons. The first-order valence-corrected chi connectivity index (χ1v) is 8.89. The summed E-state index contributed by atoms with van der Waals surface area (Å²) in [5.41, 5.74) is 0.808. The number of likely N-dealkylation sites (tertiary alicyclic amines) is 1. The molecule has 0 N–H and O–H groups in total. The van der Waals surface area contributed by atoms with Crippen molar-refractivity contribution in [2.24, 2.45) is 5.92 Å². The molecule has 25 heavy (non-hydrogen) atoms. The molecule has 0 unspecified atom stereocenters. The Morgan fingerprint density at radius 1 is 1.20 bits per heavy atom. The van der Waals surface area contributed by atoms with E-state index in [0.717, 1.165) is 43.2 Å². The van der Waals surface area contributed by atoms with Crippen LogP contribution in [0.3, 0.4) is 0 Å². The summed E-state index contributed by atoms with van der Waals surface area (Å²) in [4.78, 5) is 18.8. The molecule has 1 saturated heterocycles. The SMILES string of the molecule is O=C(C1CC1)N1CCC[C@H](c2nc(-c3cc4ccccc4o3)no2)C1. The lowest BCUT2D eigenvalue weighted by atomic mass is 9.97. The normalized spacial score (nSPS) is 21.0. The fourth-order valence-electron chi connectivity index (χ4n) is 3.56. The Hall–Kier alpha value is -2.63. The number of hydrogen-bond donors (Lipinski definition) is 0. The summed E-state index contributed by atoms with van der Waals surface area (Å²) in [6, 6.07) is 9.74. The number of amides is 1. The van der Waals surface area contributed by atoms with Crippen LogP contribution in [0.4, 0.5) is 0 Å². The van der Waals surface area contributed by atoms with Crippen molar-refractivity contribution in [2.45, 2.75) is 31.6 Å². The lowest BCUT2D eigenvalue weighted by Gasteiger charge is -2.31. The van der Waals surface area contributed by atoms with Crippen LogP contribution < -0.4 is 0 Å². The van der Waals surface area contributed by atoms with Gasteiger partial charge in [0.05, 0.1) is 5.92 Å². The van der Waals surface area contributed by atoms with Crippen LogP contribution in [-0.4, -0.2) is 34.0 Å². The first-order chi connectivity index (χ1) is 12.3. The molecule has 2 aliphatic rings. The van der Waals surface area contributed by atoms with Crippen molar-refractivity contribution < 1.29 is 13.7 Å². The molecular weight excluding hydrogens is 318 g/mol. The molecule has 1 amide bonds. The number of para-hydroxylation sites is 1. The van der Waals surface area contributed by atoms with E-state index in [0.29, 0.717) is 29.9 Å². The van der Waals surface area contributed by atoms with Crippen LogP contribution in [-0.2, 0) is 4.79 Å². The number of piperidine rings is 1. The number of aromatic nitrogens is 2. The lowest BCUT2D eigenvalue weighted by Crippen LogP contribution is -2.40. The van der Waals surface area contributed by atoms with E-state index < -0.39 is 0 Å². The molecule has 0 radical (unpaired) electrons. The largest absolute Gasteiger partial charge is 0.453 e. The average molecular weight is 337 g/mol. The van der Waals surface area contributed by atoms with Crippen molar-refractivity contribution in [3.63, 3.8) is 0 Å². The van der Waals surface area contributed by atoms with E-state index in [9.17, 15) is 4.79 Å². The third-order valence-corrected chi connectivity index (χ3v) is 5.10. The summed E-state index contributed by atoms with van der Waals surface area (Å²) in [5.74, 6) is 2.34. The number of carbonyl (C=O) groups is 1. The Morgan fingerprint density at radius 2 is 2.08 bits per heavy atom. The molecule has 2 aromatic heterocycles. The van der Waals surface area contributed by atoms with Gasteiger partial charge in [0.1, 0.15) is 5.58 Å². The molecule has 6 nitrogen and oxygen atoms in total. The fraction of sp³-hybridized carbons (Fsp3) is 0.421. The predicted octanol–water partition coefficient (Wildman–Crippen LogP) is 3.60. The van der Waals surface area contributed by atoms with Gasteiger partial charge >= 0.3 is 0 Å². The molecule has 1 atom stereocenters. The highest BCUT2D eigenvalue weighted by Crippen LogP contribution is 2.34. The van der Waals surface area contributed by atoms with E-state index in [-0.39, 0.29) is 11.8 Å². The Kier molecular flexibility index (Phi) is 3.36. The summed E-state index contributed by atoms with van der Waals surface area (Å²) in [6.45, 7) is 1.52. The van der Waals surface area contributed by atoms with E-state index in [1.165, 1.54) is 0 Å². The van der Waals surface area contributed by atoms with Crippen LogP contribution in [0.5, 0.6) is 0 Å². The lowest BCUT2D eigenvalue weighted by molar-refractivity contribution is -0.133. The van der Waals surface area contributed by atoms with Crippen LogP contribution in [0, 0.1) is 5.92 Å². The van der Waals surface area contributed by atoms with Crippen LogP contribution in [0.2, 0.25) is 0 Å². The van der Waals surface area contributed by atoms with Crippen molar-refractivity contribution in [1.29, 1.82) is 0 Å². The molecule has 1 aliphatic heterocycles. The number of fused-ring (bicyclic) bond motifs is 1. The average Bonchev–Trinajstić information content (AvgIpc) is 3.21. The minimum atomic E-state index is 0.113. The van der Waals surface area contributed by atoms with Crippen LogP contribution >= 0.6 is 0 Å². The Morgan fingerprint density at radius 3 is 2.92 bits per heavy atom. The smallest absolute Gasteiger partial charge is 0.238 e. The van der Waals surface area contributed by atoms with Crippen molar-refractivity contribution >= 4 is 16.9 Å². The van der Waals surface area contributed by atoms with Gasteiger partial charge in [0, 0.05) is 24.4 Å². The summed E-state index contributed by atoms with van der Waals surface area (Å²) in [5, 5.41) is 5.11. The fourth-order valence-corrected chi connectivity index (χ4v) is 3.56. The zero-order valence-electron chi connectivity index (χ0n) is 13.9. The molecule has 1 aliphatic carbocycles. The number of rotatable bonds is 3. The highest BCUT2D eigenvalue weighted by molar-refractivity contribution is 5.82. The molecule has 5 rings (SSSR count). The number of hydrogen-bond acceptors (Lipinski definition) is 5. The van der Waals surface area contributed by atoms with Crippen molar-refractivity contribution in [2.75, 3.05) is 13.1 Å². The van der Waals surface area contributed by atoms with E-state index in [2.05, 4.69) is 10.1 Å². The quantitative estimate of drug-likeness (QED) is 0.730. The Balaban J connectivity index is 1.37. The third kappa shape index (κ3) is 2.71. The minimum absolute atomic E-state index is 0.113. The standard InChI is InChI=1S/C19H19N3O3/c23-19(12-7-8-12)22-9-3-5-14(11-22)18-20-17(21-25-18)16-10-13-4-1-2-6-15(13)24-16/h1-2,4,6,10,12,14H,3,5,7-9,11H2/t14-/m0/s1. The van der Waals surface area contributed by atoms with Gasteiger partial charge in [0.2, 0.25) is 17.6 Å². The van der Waals surface area contributed by atoms with Gasteiger partial charge in [-0.15, -0.1) is 0 Å². The molecule has 6 heteroatoms. The van der Waals surface area contributed by atoms with Crippen LogP contribution in [0.15, 0.2) is 39.3 Å². The molecule has 1 saturated carbocycles. The molecule has 1 aromatic carbocycles. The third-order valence-electron chi connectivity index (χ3n) is 5.10. The first kappa shape index (κ1) is 14.7. The molecule has 0 bridgehead atoms. The maximum absolute atomic E-state index is 12.3. The van der Waals surface area contributed by atoms with E-state index in [4.69, 9.17) is 8.94 Å². The van der Waals surface area contributed by atoms with Gasteiger partial charge in [0.15, 0.2) is 5.76 Å². The maximum Gasteiger partial charge on any atom is 0.238 e. The van der Waals surface area contributed by atoms with Gasteiger partial charge in [-0.3, -0.25) is 4.79 Å². The number of benzene rings is 1. The molecule has 0 spiro atoms. The van der Waals surface area contributed by atoms with Gasteiger partial charge in [-0.1, -0.05) is 23.4 Å². The van der Waals surface area contributed by atoms with E-state index >= 15 is 0 Å². The summed E-state index contributed by atoms with van der Waals surface area (Å²) in [7, 11) is 0. The summed E-state index contributed by atoms with van der Waals surface area (Å²) >= 11 is 0. The second-order valence-electron chi connectivity index (χ2n) is 7.00. The number of carbonyl (C=O) groups excluding carboxylic acids is 1. The van der Waals surface area contributed by atoms with Crippen molar-refractivity contribution in [3.8, 4) is 11.6 Å². The summed E-state index contributed by atoms with van der Waals surface area (Å²) in [6.07, 6.45) is 4.02.